The Morgan fingerprint density at radius 3 is 2.43 bits per heavy atom. The molecule has 2 N–H and O–H groups in total. The van der Waals surface area contributed by atoms with Crippen LogP contribution in [0.15, 0.2) is 42.6 Å². The molecule has 122 valence electrons. The molecule has 0 saturated carbocycles. The van der Waals surface area contributed by atoms with Crippen LogP contribution in [0.5, 0.6) is 5.88 Å². The summed E-state index contributed by atoms with van der Waals surface area (Å²) in [5.74, 6) is -0.0793. The number of halogens is 1. The van der Waals surface area contributed by atoms with Gasteiger partial charge in [-0.05, 0) is 29.3 Å². The molecule has 0 radical (unpaired) electrons. The van der Waals surface area contributed by atoms with Gasteiger partial charge in [0.15, 0.2) is 0 Å². The standard InChI is InChI=1S/C18H21FN2O2/c1-20-17-7-4-14(5-8-17)2-3-15-6-9-18(21-11-15)23-13-16(10-19)12-22/h2-9,11,16,20,22H,10,12-13H2,1H3/b3-2+. The lowest BCUT2D eigenvalue weighted by Crippen LogP contribution is -2.18. The average Bonchev–Trinajstić information content (AvgIpc) is 2.62. The Morgan fingerprint density at radius 1 is 1.17 bits per heavy atom. The van der Waals surface area contributed by atoms with E-state index in [9.17, 15) is 4.39 Å². The van der Waals surface area contributed by atoms with Crippen LogP contribution in [0.1, 0.15) is 11.1 Å². The van der Waals surface area contributed by atoms with Gasteiger partial charge in [0.1, 0.15) is 0 Å². The van der Waals surface area contributed by atoms with Crippen molar-refractivity contribution in [1.29, 1.82) is 0 Å². The maximum Gasteiger partial charge on any atom is 0.213 e. The molecule has 0 aliphatic rings. The number of rotatable bonds is 8. The van der Waals surface area contributed by atoms with Crippen molar-refractivity contribution in [3.8, 4) is 5.88 Å². The van der Waals surface area contributed by atoms with Gasteiger partial charge in [-0.1, -0.05) is 24.3 Å². The first-order valence-electron chi connectivity index (χ1n) is 7.46. The molecule has 0 spiro atoms. The summed E-state index contributed by atoms with van der Waals surface area (Å²) in [6.45, 7) is -0.722. The number of hydrogen-bond acceptors (Lipinski definition) is 4. The number of nitrogens with one attached hydrogen (secondary N) is 1. The summed E-state index contributed by atoms with van der Waals surface area (Å²) in [4.78, 5) is 4.17. The first-order valence-corrected chi connectivity index (χ1v) is 7.46. The predicted molar refractivity (Wildman–Crippen MR) is 91.2 cm³/mol. The fourth-order valence-corrected chi connectivity index (χ4v) is 1.88. The molecule has 1 heterocycles. The van der Waals surface area contributed by atoms with Gasteiger partial charge >= 0.3 is 0 Å². The van der Waals surface area contributed by atoms with Crippen LogP contribution in [0.4, 0.5) is 10.1 Å². The Morgan fingerprint density at radius 2 is 1.87 bits per heavy atom. The number of benzene rings is 1. The molecule has 5 heteroatoms. The third-order valence-electron chi connectivity index (χ3n) is 3.37. The van der Waals surface area contributed by atoms with E-state index in [1.54, 1.807) is 12.3 Å². The summed E-state index contributed by atoms with van der Waals surface area (Å²) >= 11 is 0. The molecule has 4 nitrogen and oxygen atoms in total. The number of aromatic nitrogens is 1. The molecular weight excluding hydrogens is 295 g/mol. The summed E-state index contributed by atoms with van der Waals surface area (Å²) in [6.07, 6.45) is 5.66. The molecule has 1 aromatic carbocycles. The number of ether oxygens (including phenoxy) is 1. The van der Waals surface area contributed by atoms with E-state index >= 15 is 0 Å². The molecule has 1 atom stereocenters. The van der Waals surface area contributed by atoms with Crippen LogP contribution in [-0.2, 0) is 0 Å². The number of aliphatic hydroxyl groups excluding tert-OH is 1. The van der Waals surface area contributed by atoms with Gasteiger partial charge in [0.25, 0.3) is 0 Å². The molecule has 0 fully saturated rings. The number of aliphatic hydroxyl groups is 1. The topological polar surface area (TPSA) is 54.4 Å². The van der Waals surface area contributed by atoms with Gasteiger partial charge in [-0.3, -0.25) is 4.39 Å². The minimum absolute atomic E-state index is 0.118. The zero-order chi connectivity index (χ0) is 16.5. The van der Waals surface area contributed by atoms with Gasteiger partial charge in [0, 0.05) is 30.9 Å². The van der Waals surface area contributed by atoms with Crippen molar-refractivity contribution in [2.45, 2.75) is 0 Å². The number of alkyl halides is 1. The van der Waals surface area contributed by atoms with Gasteiger partial charge in [-0.2, -0.15) is 0 Å². The molecule has 1 unspecified atom stereocenters. The highest BCUT2D eigenvalue weighted by Gasteiger charge is 2.08. The van der Waals surface area contributed by atoms with Gasteiger partial charge in [-0.15, -0.1) is 0 Å². The molecule has 0 amide bonds. The average molecular weight is 316 g/mol. The molecule has 0 bridgehead atoms. The van der Waals surface area contributed by atoms with E-state index < -0.39 is 12.6 Å². The van der Waals surface area contributed by atoms with Crippen LogP contribution in [0.2, 0.25) is 0 Å². The van der Waals surface area contributed by atoms with Crippen molar-refractivity contribution in [2.75, 3.05) is 32.3 Å². The predicted octanol–water partition coefficient (Wildman–Crippen LogP) is 3.25. The van der Waals surface area contributed by atoms with Gasteiger partial charge in [0.05, 0.1) is 19.9 Å². The van der Waals surface area contributed by atoms with Gasteiger partial charge in [-0.25, -0.2) is 4.98 Å². The fraction of sp³-hybridized carbons (Fsp3) is 0.278. The number of pyridine rings is 1. The molecular formula is C18H21FN2O2. The normalized spacial score (nSPS) is 12.3. The molecule has 0 saturated heterocycles. The lowest BCUT2D eigenvalue weighted by atomic mass is 10.1. The van der Waals surface area contributed by atoms with Crippen LogP contribution in [-0.4, -0.2) is 37.0 Å². The number of hydrogen-bond donors (Lipinski definition) is 2. The van der Waals surface area contributed by atoms with Crippen LogP contribution < -0.4 is 10.1 Å². The van der Waals surface area contributed by atoms with E-state index in [0.717, 1.165) is 16.8 Å². The zero-order valence-electron chi connectivity index (χ0n) is 13.1. The summed E-state index contributed by atoms with van der Waals surface area (Å²) in [5, 5.41) is 12.0. The van der Waals surface area contributed by atoms with Crippen LogP contribution in [0.3, 0.4) is 0 Å². The van der Waals surface area contributed by atoms with Gasteiger partial charge < -0.3 is 15.2 Å². The zero-order valence-corrected chi connectivity index (χ0v) is 13.1. The van der Waals surface area contributed by atoms with E-state index in [0.29, 0.717) is 5.88 Å². The second-order valence-corrected chi connectivity index (χ2v) is 5.15. The highest BCUT2D eigenvalue weighted by Crippen LogP contribution is 2.14. The van der Waals surface area contributed by atoms with Crippen LogP contribution >= 0.6 is 0 Å². The second-order valence-electron chi connectivity index (χ2n) is 5.15. The Labute approximate surface area is 135 Å². The fourth-order valence-electron chi connectivity index (χ4n) is 1.88. The Bertz CT molecular complexity index is 608. The first-order chi connectivity index (χ1) is 11.2. The second kappa shape index (κ2) is 8.90. The quantitative estimate of drug-likeness (QED) is 0.785. The molecule has 0 aliphatic carbocycles. The largest absolute Gasteiger partial charge is 0.477 e. The maximum atomic E-state index is 12.5. The smallest absolute Gasteiger partial charge is 0.213 e. The highest BCUT2D eigenvalue weighted by molar-refractivity contribution is 5.70. The third-order valence-corrected chi connectivity index (χ3v) is 3.37. The van der Waals surface area contributed by atoms with E-state index in [4.69, 9.17) is 9.84 Å². The molecule has 1 aromatic heterocycles. The van der Waals surface area contributed by atoms with Crippen molar-refractivity contribution in [3.63, 3.8) is 0 Å². The maximum absolute atomic E-state index is 12.5. The van der Waals surface area contributed by atoms with E-state index in [-0.39, 0.29) is 13.2 Å². The number of nitrogens with zero attached hydrogens (tertiary/aromatic N) is 1. The number of anilines is 1. The van der Waals surface area contributed by atoms with Crippen molar-refractivity contribution in [2.24, 2.45) is 5.92 Å². The molecule has 2 rings (SSSR count). The summed E-state index contributed by atoms with van der Waals surface area (Å²) in [5.41, 5.74) is 3.11. The lowest BCUT2D eigenvalue weighted by molar-refractivity contribution is 0.137. The van der Waals surface area contributed by atoms with E-state index in [1.807, 2.05) is 49.5 Å². The van der Waals surface area contributed by atoms with Crippen LogP contribution in [0.25, 0.3) is 12.2 Å². The van der Waals surface area contributed by atoms with E-state index in [1.165, 1.54) is 0 Å². The highest BCUT2D eigenvalue weighted by atomic mass is 19.1. The summed E-state index contributed by atoms with van der Waals surface area (Å²) < 4.78 is 17.8. The third kappa shape index (κ3) is 5.38. The van der Waals surface area contributed by atoms with Crippen molar-refractivity contribution < 1.29 is 14.2 Å². The van der Waals surface area contributed by atoms with Crippen LogP contribution in [0, 0.1) is 5.92 Å². The minimum atomic E-state index is -0.607. The van der Waals surface area contributed by atoms with Crippen molar-refractivity contribution in [3.05, 3.63) is 53.7 Å². The van der Waals surface area contributed by atoms with Crippen molar-refractivity contribution in [1.82, 2.24) is 4.98 Å². The first kappa shape index (κ1) is 17.0. The Balaban J connectivity index is 1.92. The lowest BCUT2D eigenvalue weighted by Gasteiger charge is -2.10. The van der Waals surface area contributed by atoms with Gasteiger partial charge in [0.2, 0.25) is 5.88 Å². The Hall–Kier alpha value is -2.40. The SMILES string of the molecule is CNc1ccc(/C=C/c2ccc(OCC(CO)CF)nc2)cc1. The molecule has 23 heavy (non-hydrogen) atoms. The molecule has 0 aliphatic heterocycles. The van der Waals surface area contributed by atoms with Crippen molar-refractivity contribution >= 4 is 17.8 Å². The monoisotopic (exact) mass is 316 g/mol. The summed E-state index contributed by atoms with van der Waals surface area (Å²) in [6, 6.07) is 11.7. The van der Waals surface area contributed by atoms with E-state index in [2.05, 4.69) is 10.3 Å². The Kier molecular flexibility index (Phi) is 6.56. The minimum Gasteiger partial charge on any atom is -0.477 e. The molecule has 2 aromatic rings. The summed E-state index contributed by atoms with van der Waals surface area (Å²) in [7, 11) is 1.89.